The number of nitrogen functional groups attached to an aromatic ring is 1. The maximum atomic E-state index is 6.12. The molecule has 5 heteroatoms. The van der Waals surface area contributed by atoms with Gasteiger partial charge in [0.2, 0.25) is 0 Å². The summed E-state index contributed by atoms with van der Waals surface area (Å²) in [5, 5.41) is 12.2. The first-order valence-electron chi connectivity index (χ1n) is 5.73. The second kappa shape index (κ2) is 4.10. The summed E-state index contributed by atoms with van der Waals surface area (Å²) in [4.78, 5) is 0. The predicted octanol–water partition coefficient (Wildman–Crippen LogP) is 3.04. The third-order valence-corrected chi connectivity index (χ3v) is 3.33. The van der Waals surface area contributed by atoms with E-state index in [2.05, 4.69) is 26.7 Å². The summed E-state index contributed by atoms with van der Waals surface area (Å²) in [5.41, 5.74) is 8.00. The van der Waals surface area contributed by atoms with Crippen molar-refractivity contribution in [3.05, 3.63) is 49.1 Å². The van der Waals surface area contributed by atoms with Crippen molar-refractivity contribution in [3.8, 4) is 0 Å². The number of nitrogens with zero attached hydrogens (tertiary/aromatic N) is 3. The van der Waals surface area contributed by atoms with Gasteiger partial charge in [-0.25, -0.2) is 0 Å². The molecule has 0 fully saturated rings. The second-order valence-electron chi connectivity index (χ2n) is 4.37. The minimum Gasteiger partial charge on any atom is -0.398 e. The Balaban J connectivity index is 0.00000110. The van der Waals surface area contributed by atoms with E-state index in [-0.39, 0.29) is 12.4 Å². The van der Waals surface area contributed by atoms with Crippen LogP contribution >= 0.6 is 12.4 Å². The highest BCUT2D eigenvalue weighted by Crippen LogP contribution is 2.31. The summed E-state index contributed by atoms with van der Waals surface area (Å²) in [6.45, 7) is 0. The topological polar surface area (TPSA) is 56.2 Å². The van der Waals surface area contributed by atoms with Crippen LogP contribution in [-0.4, -0.2) is 14.6 Å². The van der Waals surface area contributed by atoms with E-state index >= 15 is 0 Å². The smallest absolute Gasteiger partial charge is 0.0644 e. The average Bonchev–Trinajstić information content (AvgIpc) is 2.77. The van der Waals surface area contributed by atoms with Gasteiger partial charge >= 0.3 is 0 Å². The molecule has 0 spiro atoms. The summed E-state index contributed by atoms with van der Waals surface area (Å²) in [6.07, 6.45) is 7.65. The first-order chi connectivity index (χ1) is 8.84. The van der Waals surface area contributed by atoms with Crippen LogP contribution in [-0.2, 0) is 0 Å². The van der Waals surface area contributed by atoms with Crippen molar-refractivity contribution in [1.29, 1.82) is 0 Å². The van der Waals surface area contributed by atoms with Gasteiger partial charge in [0.05, 0.1) is 17.9 Å². The van der Waals surface area contributed by atoms with Gasteiger partial charge in [0.25, 0.3) is 0 Å². The van der Waals surface area contributed by atoms with E-state index in [4.69, 9.17) is 5.73 Å². The lowest BCUT2D eigenvalue weighted by atomic mass is 10.1. The fourth-order valence-electron chi connectivity index (χ4n) is 2.53. The SMILES string of the molecule is Cl.Nc1cccc2ccn3cc4cnncc4c3c12. The summed E-state index contributed by atoms with van der Waals surface area (Å²) >= 11 is 0. The molecule has 4 rings (SSSR count). The summed E-state index contributed by atoms with van der Waals surface area (Å²) in [5.74, 6) is 0. The van der Waals surface area contributed by atoms with Crippen LogP contribution in [0.2, 0.25) is 0 Å². The number of hydrogen-bond acceptors (Lipinski definition) is 3. The van der Waals surface area contributed by atoms with Crippen LogP contribution in [0.4, 0.5) is 5.69 Å². The molecule has 3 heterocycles. The van der Waals surface area contributed by atoms with Crippen molar-refractivity contribution in [2.75, 3.05) is 5.73 Å². The molecule has 4 nitrogen and oxygen atoms in total. The van der Waals surface area contributed by atoms with Crippen molar-refractivity contribution < 1.29 is 0 Å². The number of halogens is 1. The molecule has 4 aromatic rings. The molecule has 2 N–H and O–H groups in total. The van der Waals surface area contributed by atoms with Crippen LogP contribution < -0.4 is 5.73 Å². The van der Waals surface area contributed by atoms with Crippen LogP contribution in [0, 0.1) is 0 Å². The maximum Gasteiger partial charge on any atom is 0.0644 e. The Bertz CT molecular complexity index is 898. The Kier molecular flexibility index (Phi) is 2.54. The molecular weight excluding hydrogens is 260 g/mol. The van der Waals surface area contributed by atoms with Gasteiger partial charge in [0.15, 0.2) is 0 Å². The van der Waals surface area contributed by atoms with Crippen LogP contribution in [0.15, 0.2) is 49.1 Å². The lowest BCUT2D eigenvalue weighted by Gasteiger charge is -2.05. The Labute approximate surface area is 115 Å². The Morgan fingerprint density at radius 3 is 2.74 bits per heavy atom. The molecule has 0 unspecified atom stereocenters. The lowest BCUT2D eigenvalue weighted by molar-refractivity contribution is 1.05. The molecule has 0 saturated carbocycles. The number of nitrogens with two attached hydrogens (primary N) is 1. The molecule has 0 radical (unpaired) electrons. The van der Waals surface area contributed by atoms with E-state index in [1.165, 1.54) is 0 Å². The van der Waals surface area contributed by atoms with Crippen LogP contribution in [0.1, 0.15) is 0 Å². The van der Waals surface area contributed by atoms with Gasteiger partial charge in [0, 0.05) is 34.2 Å². The van der Waals surface area contributed by atoms with Crippen molar-refractivity contribution in [2.24, 2.45) is 0 Å². The molecule has 0 bridgehead atoms. The number of rotatable bonds is 0. The highest BCUT2D eigenvalue weighted by atomic mass is 35.5. The summed E-state index contributed by atoms with van der Waals surface area (Å²) < 4.78 is 2.08. The second-order valence-corrected chi connectivity index (χ2v) is 4.37. The molecule has 19 heavy (non-hydrogen) atoms. The van der Waals surface area contributed by atoms with Gasteiger partial charge in [-0.2, -0.15) is 10.2 Å². The predicted molar refractivity (Wildman–Crippen MR) is 79.7 cm³/mol. The van der Waals surface area contributed by atoms with Gasteiger partial charge in [-0.3, -0.25) is 0 Å². The van der Waals surface area contributed by atoms with Gasteiger partial charge in [-0.05, 0) is 17.5 Å². The first kappa shape index (κ1) is 11.7. The minimum atomic E-state index is 0. The molecule has 0 amide bonds. The molecule has 1 aromatic carbocycles. The van der Waals surface area contributed by atoms with Gasteiger partial charge in [-0.1, -0.05) is 12.1 Å². The van der Waals surface area contributed by atoms with E-state index in [9.17, 15) is 0 Å². The molecule has 0 aliphatic carbocycles. The van der Waals surface area contributed by atoms with Crippen molar-refractivity contribution in [2.45, 2.75) is 0 Å². The fraction of sp³-hybridized carbons (Fsp3) is 0. The third kappa shape index (κ3) is 1.54. The largest absolute Gasteiger partial charge is 0.398 e. The molecule has 0 aliphatic rings. The Hall–Kier alpha value is -2.33. The zero-order valence-electron chi connectivity index (χ0n) is 9.95. The Morgan fingerprint density at radius 2 is 1.84 bits per heavy atom. The average molecular weight is 271 g/mol. The first-order valence-corrected chi connectivity index (χ1v) is 5.73. The van der Waals surface area contributed by atoms with Gasteiger partial charge in [-0.15, -0.1) is 12.4 Å². The van der Waals surface area contributed by atoms with E-state index < -0.39 is 0 Å². The van der Waals surface area contributed by atoms with E-state index in [1.807, 2.05) is 24.5 Å². The number of fused-ring (bicyclic) bond motifs is 5. The molecule has 3 aromatic heterocycles. The standard InChI is InChI=1S/C14H10N4.ClH/c15-12-3-1-2-9-4-5-18-8-10-6-16-17-7-11(10)14(18)13(9)12;/h1-8H,15H2;1H. The van der Waals surface area contributed by atoms with E-state index in [1.54, 1.807) is 12.4 Å². The third-order valence-electron chi connectivity index (χ3n) is 3.33. The van der Waals surface area contributed by atoms with E-state index in [0.717, 1.165) is 32.7 Å². The minimum absolute atomic E-state index is 0. The summed E-state index contributed by atoms with van der Waals surface area (Å²) in [6, 6.07) is 8.03. The zero-order chi connectivity index (χ0) is 12.1. The number of anilines is 1. The quantitative estimate of drug-likeness (QED) is 0.500. The van der Waals surface area contributed by atoms with Gasteiger partial charge < -0.3 is 10.1 Å². The Morgan fingerprint density at radius 1 is 1.00 bits per heavy atom. The normalized spacial score (nSPS) is 10.9. The molecule has 94 valence electrons. The van der Waals surface area contributed by atoms with Crippen LogP contribution in [0.5, 0.6) is 0 Å². The molecule has 0 atom stereocenters. The van der Waals surface area contributed by atoms with Crippen molar-refractivity contribution >= 4 is 45.2 Å². The van der Waals surface area contributed by atoms with Crippen molar-refractivity contribution in [1.82, 2.24) is 14.6 Å². The zero-order valence-corrected chi connectivity index (χ0v) is 10.8. The van der Waals surface area contributed by atoms with E-state index in [0.29, 0.717) is 0 Å². The molecule has 0 aliphatic heterocycles. The maximum absolute atomic E-state index is 6.12. The molecule has 0 saturated heterocycles. The van der Waals surface area contributed by atoms with Gasteiger partial charge in [0.1, 0.15) is 0 Å². The summed E-state index contributed by atoms with van der Waals surface area (Å²) in [7, 11) is 0. The number of benzene rings is 1. The number of aromatic nitrogens is 3. The monoisotopic (exact) mass is 270 g/mol. The molecular formula is C14H11ClN4. The number of pyridine rings is 1. The number of hydrogen-bond donors (Lipinski definition) is 1. The van der Waals surface area contributed by atoms with Crippen LogP contribution in [0.3, 0.4) is 0 Å². The fourth-order valence-corrected chi connectivity index (χ4v) is 2.53. The lowest BCUT2D eigenvalue weighted by Crippen LogP contribution is -1.90. The highest BCUT2D eigenvalue weighted by Gasteiger charge is 2.09. The van der Waals surface area contributed by atoms with Crippen molar-refractivity contribution in [3.63, 3.8) is 0 Å². The van der Waals surface area contributed by atoms with Crippen LogP contribution in [0.25, 0.3) is 27.1 Å². The highest BCUT2D eigenvalue weighted by molar-refractivity contribution is 6.14.